The van der Waals surface area contributed by atoms with E-state index in [0.29, 0.717) is 5.92 Å². The van der Waals surface area contributed by atoms with Crippen molar-refractivity contribution in [1.82, 2.24) is 0 Å². The highest BCUT2D eigenvalue weighted by atomic mass is 79.9. The fourth-order valence-corrected chi connectivity index (χ4v) is 5.50. The Labute approximate surface area is 202 Å². The van der Waals surface area contributed by atoms with Crippen molar-refractivity contribution in [3.63, 3.8) is 0 Å². The van der Waals surface area contributed by atoms with Crippen LogP contribution in [0.5, 0.6) is 0 Å². The first kappa shape index (κ1) is 20.1. The predicted molar refractivity (Wildman–Crippen MR) is 143 cm³/mol. The number of rotatable bonds is 3. The standard InChI is InChI=1S/C30H23BrN2/c31-24-16-23(17-25(32)19-24)21-12-10-20(11-13-21)22-14-15-28-27-8-4-5-9-29(27)33(30(28)18-22)26-6-2-1-3-7-26/h1-7,9-19,27H,8,32H2. The summed E-state index contributed by atoms with van der Waals surface area (Å²) in [7, 11) is 0. The Morgan fingerprint density at radius 2 is 1.48 bits per heavy atom. The Morgan fingerprint density at radius 1 is 0.758 bits per heavy atom. The van der Waals surface area contributed by atoms with Crippen molar-refractivity contribution in [2.45, 2.75) is 12.3 Å². The van der Waals surface area contributed by atoms with Crippen LogP contribution in [-0.4, -0.2) is 0 Å². The number of fused-ring (bicyclic) bond motifs is 3. The van der Waals surface area contributed by atoms with E-state index < -0.39 is 0 Å². The third-order valence-corrected chi connectivity index (χ3v) is 6.98. The molecule has 2 aliphatic rings. The maximum Gasteiger partial charge on any atom is 0.0503 e. The van der Waals surface area contributed by atoms with E-state index >= 15 is 0 Å². The summed E-state index contributed by atoms with van der Waals surface area (Å²) in [6.45, 7) is 0. The van der Waals surface area contributed by atoms with E-state index in [1.807, 2.05) is 12.1 Å². The Balaban J connectivity index is 1.40. The van der Waals surface area contributed by atoms with Crippen molar-refractivity contribution in [2.75, 3.05) is 10.6 Å². The van der Waals surface area contributed by atoms with E-state index in [1.165, 1.54) is 33.8 Å². The minimum atomic E-state index is 0.420. The second kappa shape index (κ2) is 8.09. The average molecular weight is 491 g/mol. The molecule has 2 N–H and O–H groups in total. The van der Waals surface area contributed by atoms with Gasteiger partial charge in [0.05, 0.1) is 5.69 Å². The number of allylic oxidation sites excluding steroid dienone is 4. The predicted octanol–water partition coefficient (Wildman–Crippen LogP) is 8.44. The molecule has 2 nitrogen and oxygen atoms in total. The fraction of sp³-hybridized carbons (Fsp3) is 0.0667. The number of hydrogen-bond acceptors (Lipinski definition) is 2. The van der Waals surface area contributed by atoms with Gasteiger partial charge in [0.1, 0.15) is 0 Å². The van der Waals surface area contributed by atoms with E-state index in [4.69, 9.17) is 5.73 Å². The van der Waals surface area contributed by atoms with Crippen molar-refractivity contribution in [3.05, 3.63) is 125 Å². The number of hydrogen-bond donors (Lipinski definition) is 1. The van der Waals surface area contributed by atoms with Crippen LogP contribution in [-0.2, 0) is 0 Å². The summed E-state index contributed by atoms with van der Waals surface area (Å²) < 4.78 is 0.992. The molecule has 4 aromatic carbocycles. The van der Waals surface area contributed by atoms with E-state index in [9.17, 15) is 0 Å². The van der Waals surface area contributed by atoms with Gasteiger partial charge in [-0.05, 0) is 76.7 Å². The smallest absolute Gasteiger partial charge is 0.0503 e. The highest BCUT2D eigenvalue weighted by molar-refractivity contribution is 9.10. The molecule has 6 rings (SSSR count). The first-order valence-electron chi connectivity index (χ1n) is 11.2. The Morgan fingerprint density at radius 3 is 2.24 bits per heavy atom. The summed E-state index contributed by atoms with van der Waals surface area (Å²) in [5, 5.41) is 0. The molecule has 0 amide bonds. The third-order valence-electron chi connectivity index (χ3n) is 6.52. The Kier molecular flexibility index (Phi) is 4.92. The first-order valence-corrected chi connectivity index (χ1v) is 12.0. The number of nitrogens with zero attached hydrogens (tertiary/aromatic N) is 1. The summed E-state index contributed by atoms with van der Waals surface area (Å²) in [6, 6.07) is 32.4. The molecule has 4 aromatic rings. The Bertz CT molecular complexity index is 1380. The van der Waals surface area contributed by atoms with Crippen LogP contribution < -0.4 is 10.6 Å². The second-order valence-corrected chi connectivity index (χ2v) is 9.52. The molecule has 1 atom stereocenters. The highest BCUT2D eigenvalue weighted by Crippen LogP contribution is 2.51. The van der Waals surface area contributed by atoms with Gasteiger partial charge in [-0.25, -0.2) is 0 Å². The summed E-state index contributed by atoms with van der Waals surface area (Å²) in [5.74, 6) is 0.420. The fourth-order valence-electron chi connectivity index (χ4n) is 4.98. The van der Waals surface area contributed by atoms with Crippen LogP contribution in [0.1, 0.15) is 17.9 Å². The van der Waals surface area contributed by atoms with Crippen molar-refractivity contribution < 1.29 is 0 Å². The van der Waals surface area contributed by atoms with E-state index in [0.717, 1.165) is 27.7 Å². The number of para-hydroxylation sites is 1. The molecule has 0 aromatic heterocycles. The highest BCUT2D eigenvalue weighted by Gasteiger charge is 2.34. The van der Waals surface area contributed by atoms with Gasteiger partial charge in [0, 0.05) is 27.5 Å². The SMILES string of the molecule is Nc1cc(Br)cc(-c2ccc(-c3ccc4c(c3)N(c3ccccc3)C3=CC=CCC34)cc2)c1. The molecule has 0 saturated heterocycles. The molecule has 0 bridgehead atoms. The lowest BCUT2D eigenvalue weighted by Gasteiger charge is -2.24. The van der Waals surface area contributed by atoms with Crippen molar-refractivity contribution in [2.24, 2.45) is 0 Å². The van der Waals surface area contributed by atoms with Gasteiger partial charge < -0.3 is 10.6 Å². The average Bonchev–Trinajstić information content (AvgIpc) is 3.18. The normalized spacial score (nSPS) is 16.3. The maximum absolute atomic E-state index is 6.04. The number of nitrogens with two attached hydrogens (primary N) is 1. The zero-order chi connectivity index (χ0) is 22.4. The van der Waals surface area contributed by atoms with Crippen LogP contribution in [0.2, 0.25) is 0 Å². The van der Waals surface area contributed by atoms with Crippen LogP contribution in [0.4, 0.5) is 17.1 Å². The van der Waals surface area contributed by atoms with Crippen LogP contribution in [0, 0.1) is 0 Å². The van der Waals surface area contributed by atoms with Gasteiger partial charge in [0.15, 0.2) is 0 Å². The zero-order valence-electron chi connectivity index (χ0n) is 18.1. The van der Waals surface area contributed by atoms with Gasteiger partial charge in [0.25, 0.3) is 0 Å². The molecule has 1 unspecified atom stereocenters. The molecule has 1 aliphatic heterocycles. The minimum Gasteiger partial charge on any atom is -0.399 e. The minimum absolute atomic E-state index is 0.420. The molecule has 0 spiro atoms. The first-order chi connectivity index (χ1) is 16.2. The molecule has 1 aliphatic carbocycles. The van der Waals surface area contributed by atoms with Gasteiger partial charge in [-0.1, -0.05) is 82.7 Å². The summed E-state index contributed by atoms with van der Waals surface area (Å²) >= 11 is 3.55. The number of anilines is 3. The molecule has 160 valence electrons. The lowest BCUT2D eigenvalue weighted by molar-refractivity contribution is 0.819. The summed E-state index contributed by atoms with van der Waals surface area (Å²) in [4.78, 5) is 2.42. The number of halogens is 1. The molecule has 33 heavy (non-hydrogen) atoms. The topological polar surface area (TPSA) is 29.3 Å². The summed E-state index contributed by atoms with van der Waals surface area (Å²) in [6.07, 6.45) is 7.76. The molecule has 0 saturated carbocycles. The van der Waals surface area contributed by atoms with Crippen LogP contribution in [0.3, 0.4) is 0 Å². The maximum atomic E-state index is 6.04. The lowest BCUT2D eigenvalue weighted by Crippen LogP contribution is -2.14. The van der Waals surface area contributed by atoms with E-state index in [2.05, 4.69) is 118 Å². The van der Waals surface area contributed by atoms with Gasteiger partial charge in [-0.2, -0.15) is 0 Å². The number of nitrogen functional groups attached to an aromatic ring is 1. The lowest BCUT2D eigenvalue weighted by atomic mass is 9.91. The molecule has 1 heterocycles. The molecular formula is C30H23BrN2. The molecular weight excluding hydrogens is 468 g/mol. The van der Waals surface area contributed by atoms with E-state index in [-0.39, 0.29) is 0 Å². The Hall–Kier alpha value is -3.56. The van der Waals surface area contributed by atoms with E-state index in [1.54, 1.807) is 0 Å². The largest absolute Gasteiger partial charge is 0.399 e. The van der Waals surface area contributed by atoms with Gasteiger partial charge in [-0.15, -0.1) is 0 Å². The summed E-state index contributed by atoms with van der Waals surface area (Å²) in [5.41, 5.74) is 16.7. The van der Waals surface area contributed by atoms with Crippen molar-refractivity contribution in [1.29, 1.82) is 0 Å². The van der Waals surface area contributed by atoms with Crippen molar-refractivity contribution >= 4 is 33.0 Å². The van der Waals surface area contributed by atoms with Crippen LogP contribution >= 0.6 is 15.9 Å². The monoisotopic (exact) mass is 490 g/mol. The van der Waals surface area contributed by atoms with Gasteiger partial charge >= 0.3 is 0 Å². The van der Waals surface area contributed by atoms with Gasteiger partial charge in [-0.3, -0.25) is 0 Å². The quantitative estimate of drug-likeness (QED) is 0.292. The second-order valence-electron chi connectivity index (χ2n) is 8.60. The molecule has 0 radical (unpaired) electrons. The van der Waals surface area contributed by atoms with Crippen molar-refractivity contribution in [3.8, 4) is 22.3 Å². The molecule has 3 heteroatoms. The third kappa shape index (κ3) is 3.59. The van der Waals surface area contributed by atoms with Gasteiger partial charge in [0.2, 0.25) is 0 Å². The van der Waals surface area contributed by atoms with Crippen LogP contribution in [0.25, 0.3) is 22.3 Å². The number of benzene rings is 4. The van der Waals surface area contributed by atoms with Crippen LogP contribution in [0.15, 0.2) is 119 Å². The zero-order valence-corrected chi connectivity index (χ0v) is 19.7. The molecule has 0 fully saturated rings.